The van der Waals surface area contributed by atoms with Crippen molar-refractivity contribution in [1.82, 2.24) is 9.97 Å². The zero-order chi connectivity index (χ0) is 16.8. The lowest BCUT2D eigenvalue weighted by atomic mass is 9.89. The molecule has 1 N–H and O–H groups in total. The standard InChI is InChI=1S/C18H10N2O4/c21-8-14(22)9-5-6-12-13(7-9)20-16-15(19-12)10-3-1-2-4-11(10)17(23)18(16)24/h1-7,21H,8H2. The van der Waals surface area contributed by atoms with Crippen LogP contribution in [0.5, 0.6) is 0 Å². The number of ketones is 3. The average molecular weight is 318 g/mol. The van der Waals surface area contributed by atoms with Crippen molar-refractivity contribution in [2.24, 2.45) is 0 Å². The van der Waals surface area contributed by atoms with E-state index in [4.69, 9.17) is 5.11 Å². The zero-order valence-corrected chi connectivity index (χ0v) is 12.3. The molecule has 1 aliphatic carbocycles. The van der Waals surface area contributed by atoms with E-state index in [0.717, 1.165) is 0 Å². The van der Waals surface area contributed by atoms with Gasteiger partial charge in [0.15, 0.2) is 5.78 Å². The van der Waals surface area contributed by atoms with E-state index in [0.29, 0.717) is 27.9 Å². The average Bonchev–Trinajstić information content (AvgIpc) is 2.63. The number of aliphatic hydroxyl groups excluding tert-OH is 1. The van der Waals surface area contributed by atoms with Gasteiger partial charge in [-0.1, -0.05) is 24.3 Å². The number of aliphatic hydroxyl groups is 1. The number of aromatic nitrogens is 2. The minimum absolute atomic E-state index is 0.0141. The van der Waals surface area contributed by atoms with Gasteiger partial charge in [0.2, 0.25) is 5.78 Å². The Labute approximate surface area is 135 Å². The molecule has 0 bridgehead atoms. The highest BCUT2D eigenvalue weighted by molar-refractivity contribution is 6.52. The molecule has 6 nitrogen and oxygen atoms in total. The minimum Gasteiger partial charge on any atom is -0.388 e. The smallest absolute Gasteiger partial charge is 0.254 e. The second kappa shape index (κ2) is 5.14. The molecule has 0 fully saturated rings. The first kappa shape index (κ1) is 14.3. The van der Waals surface area contributed by atoms with E-state index in [9.17, 15) is 14.4 Å². The first-order chi connectivity index (χ1) is 11.6. The van der Waals surface area contributed by atoms with Gasteiger partial charge in [0.05, 0.1) is 11.0 Å². The summed E-state index contributed by atoms with van der Waals surface area (Å²) in [7, 11) is 0. The molecule has 0 radical (unpaired) electrons. The Morgan fingerprint density at radius 3 is 2.33 bits per heavy atom. The summed E-state index contributed by atoms with van der Waals surface area (Å²) in [4.78, 5) is 44.9. The Hall–Kier alpha value is -3.25. The Bertz CT molecular complexity index is 1060. The highest BCUT2D eigenvalue weighted by Crippen LogP contribution is 2.32. The summed E-state index contributed by atoms with van der Waals surface area (Å²) in [5, 5.41) is 8.95. The molecular formula is C18H10N2O4. The number of hydrogen-bond acceptors (Lipinski definition) is 6. The molecule has 0 atom stereocenters. The van der Waals surface area contributed by atoms with E-state index in [1.54, 1.807) is 36.4 Å². The van der Waals surface area contributed by atoms with E-state index >= 15 is 0 Å². The van der Waals surface area contributed by atoms with Crippen LogP contribution in [0.25, 0.3) is 22.3 Å². The molecule has 0 saturated carbocycles. The highest BCUT2D eigenvalue weighted by atomic mass is 16.3. The Morgan fingerprint density at radius 2 is 1.58 bits per heavy atom. The Balaban J connectivity index is 2.01. The molecule has 0 unspecified atom stereocenters. The first-order valence-corrected chi connectivity index (χ1v) is 7.24. The highest BCUT2D eigenvalue weighted by Gasteiger charge is 2.32. The third-order valence-corrected chi connectivity index (χ3v) is 3.98. The fraction of sp³-hybridized carbons (Fsp3) is 0.0556. The van der Waals surface area contributed by atoms with Crippen molar-refractivity contribution in [3.05, 3.63) is 59.3 Å². The van der Waals surface area contributed by atoms with E-state index in [1.165, 1.54) is 6.07 Å². The van der Waals surface area contributed by atoms with Crippen LogP contribution < -0.4 is 0 Å². The second-order valence-corrected chi connectivity index (χ2v) is 5.41. The predicted octanol–water partition coefficient (Wildman–Crippen LogP) is 1.85. The normalized spacial score (nSPS) is 12.9. The van der Waals surface area contributed by atoms with Gasteiger partial charge in [-0.25, -0.2) is 9.97 Å². The summed E-state index contributed by atoms with van der Waals surface area (Å²) in [6, 6.07) is 11.4. The van der Waals surface area contributed by atoms with Crippen LogP contribution in [0.15, 0.2) is 42.5 Å². The van der Waals surface area contributed by atoms with Crippen LogP contribution in [-0.4, -0.2) is 39.0 Å². The summed E-state index contributed by atoms with van der Waals surface area (Å²) in [6.07, 6.45) is 0. The molecule has 0 amide bonds. The number of hydrogen-bond donors (Lipinski definition) is 1. The second-order valence-electron chi connectivity index (χ2n) is 5.41. The third kappa shape index (κ3) is 1.97. The summed E-state index contributed by atoms with van der Waals surface area (Å²) in [6.45, 7) is -0.616. The van der Waals surface area contributed by atoms with E-state index in [2.05, 4.69) is 9.97 Å². The van der Waals surface area contributed by atoms with Crippen LogP contribution in [0.1, 0.15) is 31.2 Å². The number of benzene rings is 2. The number of nitrogens with zero attached hydrogens (tertiary/aromatic N) is 2. The number of carbonyl (C=O) groups is 3. The maximum atomic E-state index is 12.3. The van der Waals surface area contributed by atoms with Crippen molar-refractivity contribution in [2.45, 2.75) is 0 Å². The van der Waals surface area contributed by atoms with E-state index < -0.39 is 24.0 Å². The molecule has 0 saturated heterocycles. The topological polar surface area (TPSA) is 97.2 Å². The number of Topliss-reactive ketones (excluding diaryl/α,β-unsaturated/α-hetero) is 3. The molecular weight excluding hydrogens is 308 g/mol. The molecule has 1 aromatic heterocycles. The fourth-order valence-electron chi connectivity index (χ4n) is 2.78. The van der Waals surface area contributed by atoms with Crippen LogP contribution in [0.3, 0.4) is 0 Å². The monoisotopic (exact) mass is 318 g/mol. The van der Waals surface area contributed by atoms with Crippen molar-refractivity contribution in [3.63, 3.8) is 0 Å². The minimum atomic E-state index is -0.711. The summed E-state index contributed by atoms with van der Waals surface area (Å²) >= 11 is 0. The van der Waals surface area contributed by atoms with Crippen molar-refractivity contribution in [1.29, 1.82) is 0 Å². The molecule has 1 aliphatic rings. The van der Waals surface area contributed by atoms with Crippen LogP contribution in [0, 0.1) is 0 Å². The fourth-order valence-corrected chi connectivity index (χ4v) is 2.78. The number of fused-ring (bicyclic) bond motifs is 4. The van der Waals surface area contributed by atoms with Crippen molar-refractivity contribution < 1.29 is 19.5 Å². The zero-order valence-electron chi connectivity index (χ0n) is 12.3. The van der Waals surface area contributed by atoms with E-state index in [1.807, 2.05) is 0 Å². The maximum Gasteiger partial charge on any atom is 0.254 e. The molecule has 4 rings (SSSR count). The number of carbonyl (C=O) groups excluding carboxylic acids is 3. The van der Waals surface area contributed by atoms with Gasteiger partial charge < -0.3 is 5.11 Å². The van der Waals surface area contributed by atoms with Crippen LogP contribution in [0.2, 0.25) is 0 Å². The number of rotatable bonds is 2. The van der Waals surface area contributed by atoms with Gasteiger partial charge in [0.1, 0.15) is 18.0 Å². The van der Waals surface area contributed by atoms with Crippen molar-refractivity contribution in [3.8, 4) is 11.3 Å². The molecule has 0 spiro atoms. The molecule has 6 heteroatoms. The lowest BCUT2D eigenvalue weighted by molar-refractivity contribution is 0.0812. The van der Waals surface area contributed by atoms with Crippen LogP contribution in [-0.2, 0) is 0 Å². The molecule has 3 aromatic rings. The Kier molecular flexibility index (Phi) is 3.07. The van der Waals surface area contributed by atoms with Gasteiger partial charge in [0, 0.05) is 16.7 Å². The van der Waals surface area contributed by atoms with Crippen molar-refractivity contribution in [2.75, 3.05) is 6.61 Å². The summed E-state index contributed by atoms with van der Waals surface area (Å²) in [5.74, 6) is -1.78. The quantitative estimate of drug-likeness (QED) is 0.572. The Morgan fingerprint density at radius 1 is 0.875 bits per heavy atom. The molecule has 24 heavy (non-hydrogen) atoms. The van der Waals surface area contributed by atoms with Gasteiger partial charge in [-0.2, -0.15) is 0 Å². The van der Waals surface area contributed by atoms with Gasteiger partial charge in [-0.05, 0) is 18.2 Å². The molecule has 1 heterocycles. The van der Waals surface area contributed by atoms with Gasteiger partial charge >= 0.3 is 0 Å². The lowest BCUT2D eigenvalue weighted by Crippen LogP contribution is -2.23. The van der Waals surface area contributed by atoms with E-state index in [-0.39, 0.29) is 11.3 Å². The first-order valence-electron chi connectivity index (χ1n) is 7.24. The van der Waals surface area contributed by atoms with Crippen molar-refractivity contribution >= 4 is 28.4 Å². The molecule has 0 aliphatic heterocycles. The van der Waals surface area contributed by atoms with Crippen LogP contribution in [0.4, 0.5) is 0 Å². The summed E-state index contributed by atoms with van der Waals surface area (Å²) < 4.78 is 0. The van der Waals surface area contributed by atoms with Crippen LogP contribution >= 0.6 is 0 Å². The maximum absolute atomic E-state index is 12.3. The van der Waals surface area contributed by atoms with Gasteiger partial charge in [-0.15, -0.1) is 0 Å². The van der Waals surface area contributed by atoms with Gasteiger partial charge in [-0.3, -0.25) is 14.4 Å². The van der Waals surface area contributed by atoms with Gasteiger partial charge in [0.25, 0.3) is 5.78 Å². The lowest BCUT2D eigenvalue weighted by Gasteiger charge is -2.16. The molecule has 116 valence electrons. The largest absolute Gasteiger partial charge is 0.388 e. The summed E-state index contributed by atoms with van der Waals surface area (Å²) in [5.41, 5.74) is 2.34. The SMILES string of the molecule is O=C(CO)c1ccc2nc3c(nc2c1)C(=O)C(=O)c1ccccc1-3. The third-order valence-electron chi connectivity index (χ3n) is 3.98. The predicted molar refractivity (Wildman–Crippen MR) is 85.1 cm³/mol. The molecule has 2 aromatic carbocycles.